The second-order valence-corrected chi connectivity index (χ2v) is 5.71. The third-order valence-electron chi connectivity index (χ3n) is 3.99. The van der Waals surface area contributed by atoms with Crippen molar-refractivity contribution in [3.05, 3.63) is 47.9 Å². The molecule has 1 aliphatic rings. The number of likely N-dealkylation sites (tertiary alicyclic amines) is 1. The van der Waals surface area contributed by atoms with E-state index in [4.69, 9.17) is 12.6 Å². The lowest BCUT2D eigenvalue weighted by molar-refractivity contribution is -0.151. The van der Waals surface area contributed by atoms with E-state index < -0.39 is 0 Å². The lowest BCUT2D eigenvalue weighted by Crippen LogP contribution is -2.49. The fourth-order valence-corrected chi connectivity index (χ4v) is 2.70. The largest absolute Gasteiger partial charge is 0.469 e. The molecule has 0 aliphatic carbocycles. The molecule has 0 atom stereocenters. The first-order chi connectivity index (χ1) is 11.1. The minimum Gasteiger partial charge on any atom is -0.469 e. The number of halogens is 1. The van der Waals surface area contributed by atoms with Gasteiger partial charge in [-0.2, -0.15) is 0 Å². The van der Waals surface area contributed by atoms with Gasteiger partial charge in [0.15, 0.2) is 0 Å². The molecule has 116 valence electrons. The number of rotatable bonds is 4. The van der Waals surface area contributed by atoms with Gasteiger partial charge < -0.3 is 4.74 Å². The van der Waals surface area contributed by atoms with Crippen molar-refractivity contribution in [2.45, 2.75) is 6.54 Å². The maximum atomic E-state index is 14.3. The zero-order valence-electron chi connectivity index (χ0n) is 12.8. The molecule has 1 saturated heterocycles. The molecule has 2 heterocycles. The highest BCUT2D eigenvalue weighted by atomic mass is 19.1. The van der Waals surface area contributed by atoms with Gasteiger partial charge in [-0.3, -0.25) is 14.7 Å². The number of methoxy groups -OCH3 is 1. The number of carbonyl (C=O) groups is 1. The number of aromatic nitrogens is 1. The summed E-state index contributed by atoms with van der Waals surface area (Å²) in [6, 6.07) is 8.51. The molecule has 4 nitrogen and oxygen atoms in total. The highest BCUT2D eigenvalue weighted by Gasteiger charge is 2.33. The SMILES string of the molecule is [B]c1ccc(-c2ccc(CN3CC(C(=O)OC)C3)cc2F)nc1. The maximum absolute atomic E-state index is 14.3. The lowest BCUT2D eigenvalue weighted by Gasteiger charge is -2.37. The zero-order chi connectivity index (χ0) is 16.4. The molecule has 0 unspecified atom stereocenters. The Bertz CT molecular complexity index is 715. The first-order valence-electron chi connectivity index (χ1n) is 7.37. The van der Waals surface area contributed by atoms with Crippen LogP contribution in [0.2, 0.25) is 0 Å². The van der Waals surface area contributed by atoms with Crippen LogP contribution in [0.25, 0.3) is 11.3 Å². The van der Waals surface area contributed by atoms with Crippen LogP contribution in [0.1, 0.15) is 5.56 Å². The van der Waals surface area contributed by atoms with Crippen LogP contribution in [-0.2, 0) is 16.1 Å². The van der Waals surface area contributed by atoms with Gasteiger partial charge in [-0.15, -0.1) is 0 Å². The van der Waals surface area contributed by atoms with Crippen LogP contribution in [0, 0.1) is 11.7 Å². The van der Waals surface area contributed by atoms with Crippen LogP contribution < -0.4 is 5.46 Å². The standard InChI is InChI=1S/C17H16BFN2O2/c1-23-17(22)12-9-21(10-12)8-11-2-4-14(15(19)6-11)16-5-3-13(18)7-20-16/h2-7,12H,8-10H2,1H3. The summed E-state index contributed by atoms with van der Waals surface area (Å²) in [5.41, 5.74) is 2.41. The van der Waals surface area contributed by atoms with Gasteiger partial charge in [-0.05, 0) is 23.8 Å². The van der Waals surface area contributed by atoms with Crippen LogP contribution in [0.5, 0.6) is 0 Å². The molecule has 1 aromatic heterocycles. The van der Waals surface area contributed by atoms with Crippen LogP contribution in [0.4, 0.5) is 4.39 Å². The lowest BCUT2D eigenvalue weighted by atomic mass is 9.97. The highest BCUT2D eigenvalue weighted by Crippen LogP contribution is 2.24. The summed E-state index contributed by atoms with van der Waals surface area (Å²) >= 11 is 0. The molecule has 0 amide bonds. The van der Waals surface area contributed by atoms with Gasteiger partial charge in [0.2, 0.25) is 0 Å². The van der Waals surface area contributed by atoms with Gasteiger partial charge in [-0.1, -0.05) is 17.6 Å². The Hall–Kier alpha value is -2.21. The summed E-state index contributed by atoms with van der Waals surface area (Å²) < 4.78 is 19.0. The van der Waals surface area contributed by atoms with E-state index in [-0.39, 0.29) is 17.7 Å². The van der Waals surface area contributed by atoms with Crippen molar-refractivity contribution < 1.29 is 13.9 Å². The molecule has 0 N–H and O–H groups in total. The third-order valence-corrected chi connectivity index (χ3v) is 3.99. The molecule has 2 radical (unpaired) electrons. The average Bonchev–Trinajstić information content (AvgIpc) is 2.51. The van der Waals surface area contributed by atoms with Crippen molar-refractivity contribution >= 4 is 19.3 Å². The fraction of sp³-hybridized carbons (Fsp3) is 0.294. The van der Waals surface area contributed by atoms with Crippen LogP contribution >= 0.6 is 0 Å². The quantitative estimate of drug-likeness (QED) is 0.630. The van der Waals surface area contributed by atoms with E-state index in [2.05, 4.69) is 9.88 Å². The Kier molecular flexibility index (Phi) is 4.43. The molecular formula is C17H16BFN2O2. The van der Waals surface area contributed by atoms with Crippen molar-refractivity contribution in [1.29, 1.82) is 0 Å². The Morgan fingerprint density at radius 3 is 2.78 bits per heavy atom. The Labute approximate surface area is 135 Å². The molecule has 0 spiro atoms. The third kappa shape index (κ3) is 3.42. The number of hydrogen-bond donors (Lipinski definition) is 0. The summed E-state index contributed by atoms with van der Waals surface area (Å²) in [6.07, 6.45) is 1.51. The number of carbonyl (C=O) groups excluding carboxylic acids is 1. The molecule has 1 aliphatic heterocycles. The van der Waals surface area contributed by atoms with Gasteiger partial charge >= 0.3 is 5.97 Å². The number of hydrogen-bond acceptors (Lipinski definition) is 4. The van der Waals surface area contributed by atoms with Gasteiger partial charge in [0.25, 0.3) is 0 Å². The molecule has 1 fully saturated rings. The number of benzene rings is 1. The highest BCUT2D eigenvalue weighted by molar-refractivity contribution is 6.32. The molecule has 2 aromatic rings. The van der Waals surface area contributed by atoms with Crippen LogP contribution in [0.3, 0.4) is 0 Å². The fourth-order valence-electron chi connectivity index (χ4n) is 2.70. The summed E-state index contributed by atoms with van der Waals surface area (Å²) in [4.78, 5) is 17.6. The number of pyridine rings is 1. The second kappa shape index (κ2) is 6.50. The normalized spacial score (nSPS) is 15.2. The smallest absolute Gasteiger partial charge is 0.311 e. The van der Waals surface area contributed by atoms with E-state index in [1.54, 1.807) is 18.2 Å². The Balaban J connectivity index is 1.66. The van der Waals surface area contributed by atoms with Gasteiger partial charge in [0.1, 0.15) is 13.7 Å². The minimum atomic E-state index is -0.315. The van der Waals surface area contributed by atoms with Gasteiger partial charge in [0.05, 0.1) is 18.7 Å². The van der Waals surface area contributed by atoms with E-state index in [9.17, 15) is 9.18 Å². The summed E-state index contributed by atoms with van der Waals surface area (Å²) in [5, 5.41) is 0. The minimum absolute atomic E-state index is 0.0666. The van der Waals surface area contributed by atoms with Gasteiger partial charge in [0, 0.05) is 31.4 Å². The summed E-state index contributed by atoms with van der Waals surface area (Å²) in [5.74, 6) is -0.565. The van der Waals surface area contributed by atoms with Crippen molar-refractivity contribution in [1.82, 2.24) is 9.88 Å². The molecule has 0 saturated carbocycles. The molecule has 0 bridgehead atoms. The molecular weight excluding hydrogens is 294 g/mol. The van der Waals surface area contributed by atoms with Crippen LogP contribution in [-0.4, -0.2) is 43.9 Å². The molecule has 23 heavy (non-hydrogen) atoms. The van der Waals surface area contributed by atoms with Crippen molar-refractivity contribution in [2.24, 2.45) is 5.92 Å². The van der Waals surface area contributed by atoms with Crippen molar-refractivity contribution in [3.63, 3.8) is 0 Å². The molecule has 3 rings (SSSR count). The molecule has 6 heteroatoms. The number of nitrogens with zero attached hydrogens (tertiary/aromatic N) is 2. The van der Waals surface area contributed by atoms with E-state index >= 15 is 0 Å². The predicted octanol–water partition coefficient (Wildman–Crippen LogP) is 1.29. The van der Waals surface area contributed by atoms with Crippen molar-refractivity contribution in [2.75, 3.05) is 20.2 Å². The number of ether oxygens (including phenoxy) is 1. The first-order valence-corrected chi connectivity index (χ1v) is 7.37. The van der Waals surface area contributed by atoms with E-state index in [1.165, 1.54) is 19.4 Å². The van der Waals surface area contributed by atoms with Crippen molar-refractivity contribution in [3.8, 4) is 11.3 Å². The Morgan fingerprint density at radius 2 is 2.17 bits per heavy atom. The Morgan fingerprint density at radius 1 is 1.39 bits per heavy atom. The van der Waals surface area contributed by atoms with Crippen LogP contribution in [0.15, 0.2) is 36.5 Å². The maximum Gasteiger partial charge on any atom is 0.311 e. The summed E-state index contributed by atoms with van der Waals surface area (Å²) in [6.45, 7) is 1.91. The van der Waals surface area contributed by atoms with E-state index in [0.29, 0.717) is 36.4 Å². The topological polar surface area (TPSA) is 42.4 Å². The second-order valence-electron chi connectivity index (χ2n) is 5.71. The van der Waals surface area contributed by atoms with E-state index in [0.717, 1.165) is 5.56 Å². The molecule has 1 aromatic carbocycles. The summed E-state index contributed by atoms with van der Waals surface area (Å²) in [7, 11) is 6.98. The number of esters is 1. The monoisotopic (exact) mass is 310 g/mol. The van der Waals surface area contributed by atoms with Gasteiger partial charge in [-0.25, -0.2) is 4.39 Å². The first kappa shape index (κ1) is 15.7. The predicted molar refractivity (Wildman–Crippen MR) is 85.8 cm³/mol. The average molecular weight is 310 g/mol. The zero-order valence-corrected chi connectivity index (χ0v) is 12.8. The van der Waals surface area contributed by atoms with E-state index in [1.807, 2.05) is 6.07 Å².